The number of amides is 2. The summed E-state index contributed by atoms with van der Waals surface area (Å²) >= 11 is 0. The van der Waals surface area contributed by atoms with Crippen molar-refractivity contribution in [2.45, 2.75) is 6.42 Å². The fourth-order valence-electron chi connectivity index (χ4n) is 2.05. The molecule has 0 fully saturated rings. The van der Waals surface area contributed by atoms with E-state index >= 15 is 0 Å². The van der Waals surface area contributed by atoms with Gasteiger partial charge in [0.2, 0.25) is 0 Å². The van der Waals surface area contributed by atoms with Crippen LogP contribution in [0, 0.1) is 0 Å². The topological polar surface area (TPSA) is 97.5 Å². The minimum Gasteiger partial charge on any atom is -0.398 e. The summed E-state index contributed by atoms with van der Waals surface area (Å²) in [6, 6.07) is 4.71. The van der Waals surface area contributed by atoms with Gasteiger partial charge in [-0.15, -0.1) is 0 Å². The molecule has 0 saturated carbocycles. The molecule has 1 aliphatic heterocycles. The van der Waals surface area contributed by atoms with E-state index in [-0.39, 0.29) is 35.5 Å². The quantitative estimate of drug-likeness (QED) is 0.632. The second kappa shape index (κ2) is 4.65. The molecule has 6 nitrogen and oxygen atoms in total. The van der Waals surface area contributed by atoms with Crippen LogP contribution in [0.2, 0.25) is 0 Å². The Bertz CT molecular complexity index is 652. The number of nitrogen functional groups attached to an aromatic ring is 1. The van der Waals surface area contributed by atoms with Crippen molar-refractivity contribution in [3.8, 4) is 0 Å². The van der Waals surface area contributed by atoms with Crippen LogP contribution in [0.25, 0.3) is 0 Å². The van der Waals surface area contributed by atoms with Crippen LogP contribution < -0.4 is 5.73 Å². The molecule has 2 amide bonds. The predicted octanol–water partition coefficient (Wildman–Crippen LogP) is 0.300. The molecule has 0 spiro atoms. The molecular formula is C12H14N2O4S. The minimum absolute atomic E-state index is 0.0596. The molecule has 1 aliphatic rings. The Morgan fingerprint density at radius 3 is 2.47 bits per heavy atom. The summed E-state index contributed by atoms with van der Waals surface area (Å²) in [6.45, 7) is 0.0822. The zero-order valence-corrected chi connectivity index (χ0v) is 11.2. The van der Waals surface area contributed by atoms with Gasteiger partial charge in [0.25, 0.3) is 11.8 Å². The number of carbonyl (C=O) groups is 2. The molecular weight excluding hydrogens is 268 g/mol. The van der Waals surface area contributed by atoms with E-state index in [9.17, 15) is 18.0 Å². The van der Waals surface area contributed by atoms with E-state index in [0.29, 0.717) is 0 Å². The van der Waals surface area contributed by atoms with Crippen molar-refractivity contribution in [3.05, 3.63) is 29.3 Å². The summed E-state index contributed by atoms with van der Waals surface area (Å²) in [6.07, 6.45) is 1.34. The van der Waals surface area contributed by atoms with Crippen molar-refractivity contribution in [3.63, 3.8) is 0 Å². The number of anilines is 1. The number of benzene rings is 1. The van der Waals surface area contributed by atoms with E-state index in [1.54, 1.807) is 18.2 Å². The first kappa shape index (κ1) is 13.5. The minimum atomic E-state index is -3.10. The summed E-state index contributed by atoms with van der Waals surface area (Å²) in [5.74, 6) is -0.928. The number of rotatable bonds is 4. The average molecular weight is 282 g/mol. The molecule has 0 atom stereocenters. The molecule has 0 radical (unpaired) electrons. The lowest BCUT2D eigenvalue weighted by Crippen LogP contribution is -2.31. The zero-order valence-electron chi connectivity index (χ0n) is 10.4. The van der Waals surface area contributed by atoms with Gasteiger partial charge < -0.3 is 5.73 Å². The maximum absolute atomic E-state index is 12.1. The standard InChI is InChI=1S/C12H14N2O4S/c1-19(17,18)7-3-6-14-11(15)8-4-2-5-9(13)10(8)12(14)16/h2,4-5H,3,6-7,13H2,1H3. The Morgan fingerprint density at radius 1 is 1.21 bits per heavy atom. The Morgan fingerprint density at radius 2 is 1.89 bits per heavy atom. The van der Waals surface area contributed by atoms with E-state index in [1.807, 2.05) is 0 Å². The summed E-state index contributed by atoms with van der Waals surface area (Å²) in [5.41, 5.74) is 6.45. The Labute approximate surface area is 111 Å². The molecule has 19 heavy (non-hydrogen) atoms. The van der Waals surface area contributed by atoms with Gasteiger partial charge >= 0.3 is 0 Å². The number of hydrogen-bond donors (Lipinski definition) is 1. The summed E-state index contributed by atoms with van der Waals surface area (Å²) in [5, 5.41) is 0. The molecule has 2 N–H and O–H groups in total. The largest absolute Gasteiger partial charge is 0.398 e. The molecule has 1 aromatic carbocycles. The van der Waals surface area contributed by atoms with E-state index in [0.717, 1.165) is 11.2 Å². The highest BCUT2D eigenvalue weighted by molar-refractivity contribution is 7.90. The van der Waals surface area contributed by atoms with Gasteiger partial charge in [-0.25, -0.2) is 8.42 Å². The monoisotopic (exact) mass is 282 g/mol. The summed E-state index contributed by atoms with van der Waals surface area (Å²) in [7, 11) is -3.10. The third-order valence-electron chi connectivity index (χ3n) is 2.93. The molecule has 0 bridgehead atoms. The lowest BCUT2D eigenvalue weighted by atomic mass is 10.1. The van der Waals surface area contributed by atoms with Crippen LogP contribution in [0.5, 0.6) is 0 Å². The van der Waals surface area contributed by atoms with E-state index in [4.69, 9.17) is 5.73 Å². The number of fused-ring (bicyclic) bond motifs is 1. The normalized spacial score (nSPS) is 14.9. The van der Waals surface area contributed by atoms with Crippen molar-refractivity contribution in [2.75, 3.05) is 24.3 Å². The number of carbonyl (C=O) groups excluding carboxylic acids is 2. The van der Waals surface area contributed by atoms with Gasteiger partial charge in [-0.1, -0.05) is 6.07 Å². The van der Waals surface area contributed by atoms with Gasteiger partial charge in [-0.2, -0.15) is 0 Å². The summed E-state index contributed by atoms with van der Waals surface area (Å²) in [4.78, 5) is 25.1. The maximum atomic E-state index is 12.1. The number of nitrogens with zero attached hydrogens (tertiary/aromatic N) is 1. The van der Waals surface area contributed by atoms with Crippen molar-refractivity contribution in [1.29, 1.82) is 0 Å². The number of nitrogens with two attached hydrogens (primary N) is 1. The second-order valence-electron chi connectivity index (χ2n) is 4.52. The highest BCUT2D eigenvalue weighted by Crippen LogP contribution is 2.27. The summed E-state index contributed by atoms with van der Waals surface area (Å²) < 4.78 is 22.1. The Balaban J connectivity index is 2.17. The van der Waals surface area contributed by atoms with E-state index in [2.05, 4.69) is 0 Å². The second-order valence-corrected chi connectivity index (χ2v) is 6.77. The fourth-order valence-corrected chi connectivity index (χ4v) is 2.70. The van der Waals surface area contributed by atoms with Gasteiger partial charge in [-0.3, -0.25) is 14.5 Å². The van der Waals surface area contributed by atoms with Gasteiger partial charge in [0, 0.05) is 18.5 Å². The smallest absolute Gasteiger partial charge is 0.263 e. The van der Waals surface area contributed by atoms with Crippen LogP contribution in [0.4, 0.5) is 5.69 Å². The number of sulfone groups is 1. The Kier molecular flexibility index (Phi) is 3.32. The molecule has 0 unspecified atom stereocenters. The van der Waals surface area contributed by atoms with Crippen molar-refractivity contribution in [1.82, 2.24) is 4.90 Å². The van der Waals surface area contributed by atoms with Gasteiger partial charge in [-0.05, 0) is 18.6 Å². The molecule has 102 valence electrons. The van der Waals surface area contributed by atoms with Crippen LogP contribution in [0.15, 0.2) is 18.2 Å². The fraction of sp³-hybridized carbons (Fsp3) is 0.333. The first-order valence-corrected chi connectivity index (χ1v) is 7.80. The van der Waals surface area contributed by atoms with E-state index < -0.39 is 21.7 Å². The Hall–Kier alpha value is -1.89. The molecule has 1 aromatic rings. The third-order valence-corrected chi connectivity index (χ3v) is 3.96. The van der Waals surface area contributed by atoms with Crippen LogP contribution in [-0.4, -0.2) is 43.7 Å². The lowest BCUT2D eigenvalue weighted by Gasteiger charge is -2.13. The molecule has 0 aromatic heterocycles. The molecule has 7 heteroatoms. The van der Waals surface area contributed by atoms with Gasteiger partial charge in [0.1, 0.15) is 9.84 Å². The van der Waals surface area contributed by atoms with Crippen molar-refractivity contribution >= 4 is 27.3 Å². The first-order valence-electron chi connectivity index (χ1n) is 5.73. The average Bonchev–Trinajstić information content (AvgIpc) is 2.54. The zero-order chi connectivity index (χ0) is 14.2. The number of imide groups is 1. The van der Waals surface area contributed by atoms with Gasteiger partial charge in [0.15, 0.2) is 0 Å². The van der Waals surface area contributed by atoms with Crippen LogP contribution >= 0.6 is 0 Å². The van der Waals surface area contributed by atoms with Crippen molar-refractivity contribution < 1.29 is 18.0 Å². The van der Waals surface area contributed by atoms with Crippen LogP contribution in [-0.2, 0) is 9.84 Å². The third kappa shape index (κ3) is 2.60. The highest BCUT2D eigenvalue weighted by Gasteiger charge is 2.36. The van der Waals surface area contributed by atoms with Crippen molar-refractivity contribution in [2.24, 2.45) is 0 Å². The SMILES string of the molecule is CS(=O)(=O)CCCN1C(=O)c2cccc(N)c2C1=O. The van der Waals surface area contributed by atoms with Crippen LogP contribution in [0.1, 0.15) is 27.1 Å². The molecule has 0 aliphatic carbocycles. The van der Waals surface area contributed by atoms with E-state index in [1.165, 1.54) is 0 Å². The number of hydrogen-bond acceptors (Lipinski definition) is 5. The lowest BCUT2D eigenvalue weighted by molar-refractivity contribution is 0.0655. The molecule has 1 heterocycles. The first-order chi connectivity index (χ1) is 8.81. The molecule has 2 rings (SSSR count). The van der Waals surface area contributed by atoms with Crippen LogP contribution in [0.3, 0.4) is 0 Å². The molecule has 0 saturated heterocycles. The maximum Gasteiger partial charge on any atom is 0.263 e. The van der Waals surface area contributed by atoms with Gasteiger partial charge in [0.05, 0.1) is 16.9 Å². The predicted molar refractivity (Wildman–Crippen MR) is 70.5 cm³/mol. The highest BCUT2D eigenvalue weighted by atomic mass is 32.2.